The average molecular weight is 499 g/mol. The molecule has 1 aliphatic heterocycles. The van der Waals surface area contributed by atoms with Gasteiger partial charge in [0, 0.05) is 36.7 Å². The van der Waals surface area contributed by atoms with Crippen LogP contribution in [0.1, 0.15) is 23.2 Å². The van der Waals surface area contributed by atoms with E-state index in [1.807, 2.05) is 24.3 Å². The molecule has 0 aromatic heterocycles. The van der Waals surface area contributed by atoms with Crippen molar-refractivity contribution in [3.05, 3.63) is 57.5 Å². The average Bonchev–Trinajstić information content (AvgIpc) is 3.51. The lowest BCUT2D eigenvalue weighted by Crippen LogP contribution is -2.49. The number of amides is 1. The van der Waals surface area contributed by atoms with Crippen LogP contribution in [-0.2, 0) is 10.0 Å². The van der Waals surface area contributed by atoms with Crippen LogP contribution in [0.4, 0.5) is 5.69 Å². The molecule has 6 nitrogen and oxygen atoms in total. The maximum atomic E-state index is 13.1. The quantitative estimate of drug-likeness (QED) is 0.685. The number of piperazine rings is 1. The fourth-order valence-electron chi connectivity index (χ4n) is 3.35. The van der Waals surface area contributed by atoms with Crippen LogP contribution < -0.4 is 9.62 Å². The van der Waals surface area contributed by atoms with E-state index in [9.17, 15) is 13.2 Å². The third-order valence-corrected chi connectivity index (χ3v) is 7.67. The molecule has 0 bridgehead atoms. The number of hydrogen-bond donors (Lipinski definition) is 1. The van der Waals surface area contributed by atoms with Gasteiger partial charge >= 0.3 is 0 Å². The van der Waals surface area contributed by atoms with Gasteiger partial charge in [0.1, 0.15) is 0 Å². The van der Waals surface area contributed by atoms with E-state index in [0.717, 1.165) is 18.5 Å². The maximum absolute atomic E-state index is 13.1. The molecule has 0 unspecified atom stereocenters. The molecule has 1 N–H and O–H groups in total. The molecular weight excluding hydrogens is 478 g/mol. The minimum Gasteiger partial charge on any atom is -0.367 e. The van der Waals surface area contributed by atoms with Crippen LogP contribution in [0.3, 0.4) is 0 Å². The molecule has 2 fully saturated rings. The first kappa shape index (κ1) is 20.7. The summed E-state index contributed by atoms with van der Waals surface area (Å²) in [5.41, 5.74) is 1.32. The summed E-state index contributed by atoms with van der Waals surface area (Å²) in [6.45, 7) is 2.39. The van der Waals surface area contributed by atoms with Crippen molar-refractivity contribution in [3.8, 4) is 0 Å². The molecule has 2 aromatic rings. The minimum atomic E-state index is -3.61. The lowest BCUT2D eigenvalue weighted by molar-refractivity contribution is 0.0745. The van der Waals surface area contributed by atoms with Crippen molar-refractivity contribution >= 4 is 49.1 Å². The molecule has 1 heterocycles. The molecule has 1 saturated carbocycles. The van der Waals surface area contributed by atoms with Crippen LogP contribution in [0.2, 0.25) is 5.02 Å². The molecule has 0 atom stereocenters. The first-order chi connectivity index (χ1) is 13.8. The lowest BCUT2D eigenvalue weighted by atomic mass is 10.1. The van der Waals surface area contributed by atoms with Crippen LogP contribution in [0.5, 0.6) is 0 Å². The van der Waals surface area contributed by atoms with Gasteiger partial charge < -0.3 is 9.80 Å². The number of carbonyl (C=O) groups is 1. The third-order valence-electron chi connectivity index (χ3n) is 5.14. The van der Waals surface area contributed by atoms with Gasteiger partial charge in [-0.1, -0.05) is 23.7 Å². The summed E-state index contributed by atoms with van der Waals surface area (Å²) >= 11 is 9.68. The van der Waals surface area contributed by atoms with Crippen molar-refractivity contribution in [1.82, 2.24) is 9.62 Å². The number of nitrogens with zero attached hydrogens (tertiary/aromatic N) is 2. The predicted octanol–water partition coefficient (Wildman–Crippen LogP) is 3.51. The summed E-state index contributed by atoms with van der Waals surface area (Å²) in [6.07, 6.45) is 1.72. The maximum Gasteiger partial charge on any atom is 0.255 e. The first-order valence-electron chi connectivity index (χ1n) is 9.46. The largest absolute Gasteiger partial charge is 0.367 e. The molecule has 2 aliphatic rings. The number of rotatable bonds is 5. The topological polar surface area (TPSA) is 69.7 Å². The number of benzene rings is 2. The van der Waals surface area contributed by atoms with Gasteiger partial charge in [0.2, 0.25) is 10.0 Å². The van der Waals surface area contributed by atoms with Crippen LogP contribution in [0.25, 0.3) is 0 Å². The summed E-state index contributed by atoms with van der Waals surface area (Å²) in [5, 5.41) is 0.691. The Bertz CT molecular complexity index is 1040. The van der Waals surface area contributed by atoms with E-state index in [4.69, 9.17) is 11.6 Å². The van der Waals surface area contributed by atoms with Gasteiger partial charge in [-0.25, -0.2) is 13.1 Å². The van der Waals surface area contributed by atoms with Crippen LogP contribution in [0, 0.1) is 0 Å². The molecule has 1 aliphatic carbocycles. The second kappa shape index (κ2) is 8.26. The van der Waals surface area contributed by atoms with Crippen molar-refractivity contribution < 1.29 is 13.2 Å². The summed E-state index contributed by atoms with van der Waals surface area (Å²) in [5.74, 6) is -0.181. The van der Waals surface area contributed by atoms with Gasteiger partial charge in [-0.2, -0.15) is 0 Å². The van der Waals surface area contributed by atoms with Gasteiger partial charge in [-0.15, -0.1) is 0 Å². The standard InChI is InChI=1S/C20H21BrClN3O3S/c21-17-8-7-15(29(27,28)23-14-5-6-14)13-16(17)20(26)25-11-9-24(10-12-25)19-4-2-1-3-18(19)22/h1-4,7-8,13-14,23H,5-6,9-12H2. The summed E-state index contributed by atoms with van der Waals surface area (Å²) < 4.78 is 28.3. The van der Waals surface area contributed by atoms with E-state index in [0.29, 0.717) is 41.2 Å². The second-order valence-electron chi connectivity index (χ2n) is 7.27. The highest BCUT2D eigenvalue weighted by atomic mass is 79.9. The monoisotopic (exact) mass is 497 g/mol. The van der Waals surface area contributed by atoms with Crippen molar-refractivity contribution in [2.45, 2.75) is 23.8 Å². The van der Waals surface area contributed by atoms with E-state index in [-0.39, 0.29) is 16.8 Å². The fraction of sp³-hybridized carbons (Fsp3) is 0.350. The zero-order chi connectivity index (χ0) is 20.6. The SMILES string of the molecule is O=C(c1cc(S(=O)(=O)NC2CC2)ccc1Br)N1CCN(c2ccccc2Cl)CC1. The highest BCUT2D eigenvalue weighted by molar-refractivity contribution is 9.10. The number of carbonyl (C=O) groups excluding carboxylic acids is 1. The first-order valence-corrected chi connectivity index (χ1v) is 12.1. The number of para-hydroxylation sites is 1. The Morgan fingerprint density at radius 2 is 1.76 bits per heavy atom. The molecule has 0 spiro atoms. The summed E-state index contributed by atoms with van der Waals surface area (Å²) in [6, 6.07) is 12.3. The Morgan fingerprint density at radius 3 is 2.41 bits per heavy atom. The Hall–Kier alpha value is -1.61. The number of anilines is 1. The Kier molecular flexibility index (Phi) is 5.88. The van der Waals surface area contributed by atoms with E-state index >= 15 is 0 Å². The van der Waals surface area contributed by atoms with Crippen molar-refractivity contribution in [1.29, 1.82) is 0 Å². The van der Waals surface area contributed by atoms with E-state index in [1.54, 1.807) is 11.0 Å². The normalized spacial score (nSPS) is 17.4. The molecule has 4 rings (SSSR count). The molecule has 29 heavy (non-hydrogen) atoms. The Balaban J connectivity index is 1.49. The highest BCUT2D eigenvalue weighted by Crippen LogP contribution is 2.28. The molecule has 1 saturated heterocycles. The van der Waals surface area contributed by atoms with E-state index in [2.05, 4.69) is 25.6 Å². The summed E-state index contributed by atoms with van der Waals surface area (Å²) in [7, 11) is -3.61. The number of nitrogens with one attached hydrogen (secondary N) is 1. The number of hydrogen-bond acceptors (Lipinski definition) is 4. The zero-order valence-corrected chi connectivity index (χ0v) is 18.8. The minimum absolute atomic E-state index is 0.0145. The molecule has 154 valence electrons. The van der Waals surface area contributed by atoms with Crippen LogP contribution >= 0.6 is 27.5 Å². The van der Waals surface area contributed by atoms with Gasteiger partial charge in [-0.05, 0) is 59.1 Å². The van der Waals surface area contributed by atoms with Crippen molar-refractivity contribution in [2.75, 3.05) is 31.1 Å². The van der Waals surface area contributed by atoms with Gasteiger partial charge in [0.15, 0.2) is 0 Å². The number of halogens is 2. The number of sulfonamides is 1. The molecule has 0 radical (unpaired) electrons. The molecular formula is C20H21BrClN3O3S. The predicted molar refractivity (Wildman–Crippen MR) is 117 cm³/mol. The van der Waals surface area contributed by atoms with Crippen LogP contribution in [0.15, 0.2) is 51.8 Å². The van der Waals surface area contributed by atoms with Gasteiger partial charge in [0.25, 0.3) is 5.91 Å². The molecule has 1 amide bonds. The second-order valence-corrected chi connectivity index (χ2v) is 10.2. The fourth-order valence-corrected chi connectivity index (χ4v) is 5.36. The van der Waals surface area contributed by atoms with E-state index in [1.165, 1.54) is 12.1 Å². The van der Waals surface area contributed by atoms with Crippen molar-refractivity contribution in [3.63, 3.8) is 0 Å². The highest BCUT2D eigenvalue weighted by Gasteiger charge is 2.30. The molecule has 9 heteroatoms. The smallest absolute Gasteiger partial charge is 0.255 e. The third kappa shape index (κ3) is 4.60. The van der Waals surface area contributed by atoms with Gasteiger partial charge in [0.05, 0.1) is 21.2 Å². The summed E-state index contributed by atoms with van der Waals surface area (Å²) in [4.78, 5) is 17.1. The van der Waals surface area contributed by atoms with E-state index < -0.39 is 10.0 Å². The Morgan fingerprint density at radius 1 is 1.07 bits per heavy atom. The Labute approximate surface area is 184 Å². The zero-order valence-electron chi connectivity index (χ0n) is 15.6. The lowest BCUT2D eigenvalue weighted by Gasteiger charge is -2.36. The van der Waals surface area contributed by atoms with Crippen LogP contribution in [-0.4, -0.2) is 51.4 Å². The van der Waals surface area contributed by atoms with Gasteiger partial charge in [-0.3, -0.25) is 4.79 Å². The molecule has 2 aromatic carbocycles. The van der Waals surface area contributed by atoms with Crippen molar-refractivity contribution in [2.24, 2.45) is 0 Å².